The third-order valence-corrected chi connectivity index (χ3v) is 18.8. The molecule has 2 aromatic heterocycles. The molecule has 4 aliphatic heterocycles. The number of amides is 4. The second kappa shape index (κ2) is 27.6. The number of hydrogen-bond donors (Lipinski definition) is 2. The first-order chi connectivity index (χ1) is 42.2. The molecule has 12 atom stereocenters. The van der Waals surface area contributed by atoms with E-state index in [2.05, 4.69) is 20.6 Å². The summed E-state index contributed by atoms with van der Waals surface area (Å²) in [5, 5.41) is 6.56. The van der Waals surface area contributed by atoms with Gasteiger partial charge in [0, 0.05) is 72.9 Å². The van der Waals surface area contributed by atoms with Crippen LogP contribution in [0.15, 0.2) is 48.5 Å². The Morgan fingerprint density at radius 2 is 1.00 bits per heavy atom. The van der Waals surface area contributed by atoms with Gasteiger partial charge in [0.15, 0.2) is 0 Å². The topological polar surface area (TPSA) is 214 Å². The molecular formula is C67H82F4N6O12V2-2. The molecule has 4 bridgehead atoms. The Balaban J connectivity index is 0.000000211. The van der Waals surface area contributed by atoms with Crippen molar-refractivity contribution in [3.8, 4) is 23.3 Å². The predicted molar refractivity (Wildman–Crippen MR) is 319 cm³/mol. The molecule has 2 aromatic carbocycles. The SMILES string of the molecule is CC[C@@H]1[C@@H]2CN(C(=O)[C@H](C(C)(C)C)NC(=O)O[C@@H]3C[C@H]3CCCCC(F)(F)c3cc4ccc(OC5CC5)cc4nc3O2)[C@@H]1[C-]=O.C[C@@H]1[C@@H]2CN(C(=O)[C@H](C(C)(C)C)NC(=O)O[C@@H]3C[C@H]3CCCCC(F)(F)c3cc4ccc(OC5CC5)cc4nc3O2)[C@@H]1[C-]=O.[V].[V]. The summed E-state index contributed by atoms with van der Waals surface area (Å²) in [7, 11) is 0. The van der Waals surface area contributed by atoms with Crippen molar-refractivity contribution in [2.24, 2.45) is 34.5 Å². The van der Waals surface area contributed by atoms with Crippen LogP contribution in [0.5, 0.6) is 23.3 Å². The van der Waals surface area contributed by atoms with E-state index in [9.17, 15) is 28.8 Å². The summed E-state index contributed by atoms with van der Waals surface area (Å²) in [6.45, 7) is 14.3. The van der Waals surface area contributed by atoms with Crippen LogP contribution in [0.4, 0.5) is 27.2 Å². The number of fused-ring (bicyclic) bond motifs is 10. The Bertz CT molecular complexity index is 3340. The van der Waals surface area contributed by atoms with E-state index in [4.69, 9.17) is 28.4 Å². The molecule has 0 unspecified atom stereocenters. The molecule has 4 aromatic rings. The second-order valence-corrected chi connectivity index (χ2v) is 28.0. The van der Waals surface area contributed by atoms with Crippen LogP contribution in [0.25, 0.3) is 21.8 Å². The maximum Gasteiger partial charge on any atom is 0.408 e. The summed E-state index contributed by atoms with van der Waals surface area (Å²) in [6, 6.07) is 9.31. The first kappa shape index (κ1) is 69.5. The van der Waals surface area contributed by atoms with Crippen molar-refractivity contribution in [1.82, 2.24) is 30.4 Å². The molecular weight excluding hydrogens is 1260 g/mol. The molecule has 91 heavy (non-hydrogen) atoms. The number of benzene rings is 2. The zero-order valence-electron chi connectivity index (χ0n) is 52.8. The minimum atomic E-state index is -3.24. The molecule has 2 N–H and O–H groups in total. The van der Waals surface area contributed by atoms with Crippen LogP contribution >= 0.6 is 0 Å². The summed E-state index contributed by atoms with van der Waals surface area (Å²) in [5.74, 6) is -7.59. The van der Waals surface area contributed by atoms with Crippen LogP contribution in [0.3, 0.4) is 0 Å². The van der Waals surface area contributed by atoms with Crippen LogP contribution in [-0.4, -0.2) is 130 Å². The van der Waals surface area contributed by atoms with Crippen LogP contribution in [0.1, 0.15) is 163 Å². The molecule has 4 aliphatic carbocycles. The first-order valence-corrected chi connectivity index (χ1v) is 31.8. The maximum absolute atomic E-state index is 16.0. The smallest absolute Gasteiger partial charge is 0.408 e. The largest absolute Gasteiger partial charge is 0.540 e. The van der Waals surface area contributed by atoms with Crippen molar-refractivity contribution in [3.05, 3.63) is 59.7 Å². The van der Waals surface area contributed by atoms with Crippen LogP contribution in [0.2, 0.25) is 0 Å². The van der Waals surface area contributed by atoms with Gasteiger partial charge in [-0.15, -0.1) is 0 Å². The number of carbonyl (C=O) groups excluding carboxylic acids is 6. The summed E-state index contributed by atoms with van der Waals surface area (Å²) < 4.78 is 99.6. The van der Waals surface area contributed by atoms with E-state index in [1.165, 1.54) is 21.9 Å². The van der Waals surface area contributed by atoms with Crippen molar-refractivity contribution < 1.29 is 112 Å². The van der Waals surface area contributed by atoms with Crippen molar-refractivity contribution in [3.63, 3.8) is 0 Å². The van der Waals surface area contributed by atoms with E-state index < -0.39 is 108 Å². The third kappa shape index (κ3) is 16.0. The number of rotatable bonds is 7. The maximum atomic E-state index is 16.0. The Hall–Kier alpha value is -5.83. The average Bonchev–Trinajstić information content (AvgIpc) is 1.53. The van der Waals surface area contributed by atoms with Crippen LogP contribution < -0.4 is 29.6 Å². The van der Waals surface area contributed by atoms with Gasteiger partial charge in [0.2, 0.25) is 23.6 Å². The molecule has 18 nitrogen and oxygen atoms in total. The molecule has 4 saturated carbocycles. The number of nitrogens with zero attached hydrogens (tertiary/aromatic N) is 4. The molecule has 0 spiro atoms. The zero-order chi connectivity index (χ0) is 63.5. The number of nitrogens with one attached hydrogen (secondary N) is 2. The Morgan fingerprint density at radius 3 is 1.41 bits per heavy atom. The second-order valence-electron chi connectivity index (χ2n) is 28.0. The van der Waals surface area contributed by atoms with Gasteiger partial charge in [0.1, 0.15) is 48.0 Å². The number of alkyl halides is 4. The van der Waals surface area contributed by atoms with E-state index in [1.54, 1.807) is 43.3 Å². The van der Waals surface area contributed by atoms with Gasteiger partial charge in [0.25, 0.3) is 11.8 Å². The molecule has 4 amide bonds. The molecule has 6 heterocycles. The number of pyridine rings is 2. The molecule has 492 valence electrons. The van der Waals surface area contributed by atoms with Gasteiger partial charge in [-0.25, -0.2) is 49.7 Å². The number of hydrogen-bond acceptors (Lipinski definition) is 14. The average molecular weight is 1340 g/mol. The summed E-state index contributed by atoms with van der Waals surface area (Å²) >= 11 is 0. The Kier molecular flexibility index (Phi) is 21.1. The fourth-order valence-corrected chi connectivity index (χ4v) is 12.8. The predicted octanol–water partition coefficient (Wildman–Crippen LogP) is 11.7. The van der Waals surface area contributed by atoms with E-state index in [-0.39, 0.29) is 122 Å². The number of carbonyl (C=O) groups is 4. The molecule has 6 fully saturated rings. The van der Waals surface area contributed by atoms with Gasteiger partial charge in [-0.1, -0.05) is 86.7 Å². The van der Waals surface area contributed by atoms with Crippen LogP contribution in [0, 0.1) is 34.5 Å². The normalized spacial score (nSPS) is 30.1. The Morgan fingerprint density at radius 1 is 0.582 bits per heavy atom. The fraction of sp³-hybridized carbons (Fsp3) is 0.642. The van der Waals surface area contributed by atoms with Gasteiger partial charge < -0.3 is 58.4 Å². The standard InChI is InChI=1S/C34H42F2N3O6.C33H40F2N3O6.2V/c1-5-23-26(18-40)39-17-28(23)44-30-24(14-19-9-10-22(16-25(19)37-30)43-21-11-12-21)34(35,36)13-7-6-8-20-15-27(20)45-32(42)38-29(31(39)41)33(2,3)4;1-18-25(17-39)38-16-27(18)43-29-23(13-19-8-9-22(15-24(19)36-29)42-21-10-11-21)33(34,35)12-6-5-7-20-14-26(20)44-31(41)37-28(30(38)40)32(2,3)4;;/h9-10,14,16,20-21,23,26-29H,5-8,11-13,15,17H2,1-4H3,(H,38,42);8-9,13,15,18,20-21,25-28H,5-7,10-12,14,16H2,1-4H3,(H,37,41);;/q2*-1;;/t20-,23+,26-,27-,28+,29-;18-,20+,25+,26+,27-,28+;;/m10../s1. The molecule has 2 saturated heterocycles. The van der Waals surface area contributed by atoms with E-state index >= 15 is 17.6 Å². The fourth-order valence-electron chi connectivity index (χ4n) is 12.8. The number of halogens is 4. The van der Waals surface area contributed by atoms with Crippen molar-refractivity contribution in [2.75, 3.05) is 13.1 Å². The van der Waals surface area contributed by atoms with Crippen molar-refractivity contribution in [2.45, 2.75) is 224 Å². The summed E-state index contributed by atoms with van der Waals surface area (Å²) in [4.78, 5) is 90.1. The Labute approximate surface area is 552 Å². The zero-order valence-corrected chi connectivity index (χ0v) is 55.6. The minimum Gasteiger partial charge on any atom is -0.540 e. The van der Waals surface area contributed by atoms with Gasteiger partial charge >= 0.3 is 12.2 Å². The van der Waals surface area contributed by atoms with E-state index in [0.717, 1.165) is 25.7 Å². The molecule has 24 heteroatoms. The van der Waals surface area contributed by atoms with E-state index in [1.807, 2.05) is 61.0 Å². The monoisotopic (exact) mass is 1340 g/mol. The first-order valence-electron chi connectivity index (χ1n) is 31.8. The van der Waals surface area contributed by atoms with Gasteiger partial charge in [0.05, 0.1) is 47.5 Å². The van der Waals surface area contributed by atoms with Crippen LogP contribution in [-0.2, 0) is 77.6 Å². The quantitative estimate of drug-likeness (QED) is 0.130. The number of alkyl carbamates (subject to hydrolysis) is 2. The minimum absolute atomic E-state index is 0. The van der Waals surface area contributed by atoms with Gasteiger partial charge in [-0.05, 0) is 135 Å². The van der Waals surface area contributed by atoms with E-state index in [0.29, 0.717) is 78.3 Å². The van der Waals surface area contributed by atoms with Gasteiger partial charge in [-0.2, -0.15) is 0 Å². The van der Waals surface area contributed by atoms with Crippen molar-refractivity contribution >= 4 is 58.4 Å². The third-order valence-electron chi connectivity index (χ3n) is 18.8. The summed E-state index contributed by atoms with van der Waals surface area (Å²) in [5.41, 5.74) is -1.16. The number of aromatic nitrogens is 2. The molecule has 12 rings (SSSR count). The summed E-state index contributed by atoms with van der Waals surface area (Å²) in [6.07, 6.45) is 8.39. The van der Waals surface area contributed by atoms with Crippen molar-refractivity contribution in [1.29, 1.82) is 0 Å². The molecule has 8 aliphatic rings. The number of ether oxygens (including phenoxy) is 6. The van der Waals surface area contributed by atoms with Gasteiger partial charge in [-0.3, -0.25) is 9.59 Å². The molecule has 2 radical (unpaired) electrons.